The highest BCUT2D eigenvalue weighted by atomic mass is 32.2. The van der Waals surface area contributed by atoms with E-state index in [-0.39, 0.29) is 10.8 Å². The van der Waals surface area contributed by atoms with Crippen molar-refractivity contribution in [2.45, 2.75) is 11.8 Å². The average Bonchev–Trinajstić information content (AvgIpc) is 3.13. The number of sulfonamides is 1. The molecule has 1 aliphatic rings. The van der Waals surface area contributed by atoms with Crippen LogP contribution in [0, 0.1) is 0 Å². The van der Waals surface area contributed by atoms with Gasteiger partial charge in [-0.05, 0) is 35.9 Å². The summed E-state index contributed by atoms with van der Waals surface area (Å²) < 4.78 is 31.3. The smallest absolute Gasteiger partial charge is 0.414 e. The number of ether oxygens (including phenoxy) is 1. The molecule has 0 aromatic heterocycles. The number of benzene rings is 2. The third-order valence-corrected chi connectivity index (χ3v) is 5.73. The molecule has 0 saturated carbocycles. The summed E-state index contributed by atoms with van der Waals surface area (Å²) in [4.78, 5) is 25.7. The highest BCUT2D eigenvalue weighted by Crippen LogP contribution is 2.28. The Morgan fingerprint density at radius 2 is 1.90 bits per heavy atom. The van der Waals surface area contributed by atoms with Crippen LogP contribution in [-0.2, 0) is 19.6 Å². The SMILES string of the molecule is CCNS(=O)(=O)c1ccc(/C=C/C(=O)Nc2ccccc2N2CCOC2=O)cc1. The number of para-hydroxylation sites is 2. The fourth-order valence-corrected chi connectivity index (χ4v) is 3.85. The van der Waals surface area contributed by atoms with Gasteiger partial charge in [0.05, 0.1) is 22.8 Å². The second-order valence-electron chi connectivity index (χ2n) is 6.18. The molecule has 9 heteroatoms. The lowest BCUT2D eigenvalue weighted by Gasteiger charge is -2.17. The van der Waals surface area contributed by atoms with E-state index >= 15 is 0 Å². The first-order chi connectivity index (χ1) is 13.9. The number of nitrogens with one attached hydrogen (secondary N) is 2. The largest absolute Gasteiger partial charge is 0.447 e. The highest BCUT2D eigenvalue weighted by molar-refractivity contribution is 7.89. The zero-order chi connectivity index (χ0) is 20.9. The minimum atomic E-state index is -3.51. The Balaban J connectivity index is 1.69. The number of carbonyl (C=O) groups is 2. The fourth-order valence-electron chi connectivity index (χ4n) is 2.80. The van der Waals surface area contributed by atoms with Crippen LogP contribution in [0.15, 0.2) is 59.5 Å². The van der Waals surface area contributed by atoms with Gasteiger partial charge in [-0.3, -0.25) is 9.69 Å². The first-order valence-electron chi connectivity index (χ1n) is 9.03. The van der Waals surface area contributed by atoms with E-state index in [1.54, 1.807) is 49.4 Å². The summed E-state index contributed by atoms with van der Waals surface area (Å²) in [5, 5.41) is 2.75. The van der Waals surface area contributed by atoms with E-state index in [1.807, 2.05) is 0 Å². The maximum Gasteiger partial charge on any atom is 0.414 e. The van der Waals surface area contributed by atoms with Crippen LogP contribution < -0.4 is 14.9 Å². The van der Waals surface area contributed by atoms with E-state index < -0.39 is 16.1 Å². The molecule has 152 valence electrons. The second-order valence-corrected chi connectivity index (χ2v) is 7.94. The molecule has 2 amide bonds. The number of hydrogen-bond donors (Lipinski definition) is 2. The average molecular weight is 415 g/mol. The normalized spacial score (nSPS) is 14.2. The molecule has 29 heavy (non-hydrogen) atoms. The second kappa shape index (κ2) is 8.89. The van der Waals surface area contributed by atoms with Gasteiger partial charge >= 0.3 is 6.09 Å². The van der Waals surface area contributed by atoms with E-state index in [4.69, 9.17) is 4.74 Å². The lowest BCUT2D eigenvalue weighted by atomic mass is 10.2. The highest BCUT2D eigenvalue weighted by Gasteiger charge is 2.25. The van der Waals surface area contributed by atoms with Crippen LogP contribution in [0.4, 0.5) is 16.2 Å². The molecular weight excluding hydrogens is 394 g/mol. The van der Waals surface area contributed by atoms with Crippen molar-refractivity contribution in [1.82, 2.24) is 4.72 Å². The van der Waals surface area contributed by atoms with Crippen LogP contribution in [0.5, 0.6) is 0 Å². The van der Waals surface area contributed by atoms with Gasteiger partial charge in [0.25, 0.3) is 0 Å². The summed E-state index contributed by atoms with van der Waals surface area (Å²) in [5.74, 6) is -0.380. The minimum Gasteiger partial charge on any atom is -0.447 e. The monoisotopic (exact) mass is 415 g/mol. The maximum absolute atomic E-state index is 12.3. The van der Waals surface area contributed by atoms with Gasteiger partial charge < -0.3 is 10.1 Å². The molecular formula is C20H21N3O5S. The molecule has 0 radical (unpaired) electrons. The van der Waals surface area contributed by atoms with Crippen molar-refractivity contribution in [1.29, 1.82) is 0 Å². The van der Waals surface area contributed by atoms with Crippen molar-refractivity contribution in [2.75, 3.05) is 29.9 Å². The first kappa shape index (κ1) is 20.6. The van der Waals surface area contributed by atoms with Gasteiger partial charge in [0, 0.05) is 12.6 Å². The molecule has 2 aromatic rings. The van der Waals surface area contributed by atoms with Crippen LogP contribution in [0.25, 0.3) is 6.08 Å². The summed E-state index contributed by atoms with van der Waals surface area (Å²) in [5.41, 5.74) is 1.73. The molecule has 1 fully saturated rings. The number of anilines is 2. The van der Waals surface area contributed by atoms with Crippen molar-refractivity contribution < 1.29 is 22.7 Å². The maximum atomic E-state index is 12.3. The Morgan fingerprint density at radius 1 is 1.17 bits per heavy atom. The molecule has 2 aromatic carbocycles. The van der Waals surface area contributed by atoms with Crippen LogP contribution in [-0.4, -0.2) is 40.1 Å². The Hall–Kier alpha value is -3.17. The molecule has 1 aliphatic heterocycles. The van der Waals surface area contributed by atoms with Gasteiger partial charge in [-0.1, -0.05) is 31.2 Å². The van der Waals surface area contributed by atoms with Crippen molar-refractivity contribution in [3.63, 3.8) is 0 Å². The summed E-state index contributed by atoms with van der Waals surface area (Å²) >= 11 is 0. The predicted molar refractivity (Wildman–Crippen MR) is 110 cm³/mol. The fraction of sp³-hybridized carbons (Fsp3) is 0.200. The third kappa shape index (κ3) is 5.01. The van der Waals surface area contributed by atoms with E-state index in [1.165, 1.54) is 23.1 Å². The summed E-state index contributed by atoms with van der Waals surface area (Å²) in [6.45, 7) is 2.74. The Morgan fingerprint density at radius 3 is 2.55 bits per heavy atom. The number of cyclic esters (lactones) is 1. The molecule has 0 bridgehead atoms. The molecule has 1 saturated heterocycles. The van der Waals surface area contributed by atoms with Gasteiger partial charge in [0.2, 0.25) is 15.9 Å². The lowest BCUT2D eigenvalue weighted by Crippen LogP contribution is -2.25. The van der Waals surface area contributed by atoms with Gasteiger partial charge in [0.15, 0.2) is 0 Å². The van der Waals surface area contributed by atoms with E-state index in [2.05, 4.69) is 10.0 Å². The van der Waals surface area contributed by atoms with E-state index in [0.717, 1.165) is 0 Å². The number of carbonyl (C=O) groups excluding carboxylic acids is 2. The van der Waals surface area contributed by atoms with Gasteiger partial charge in [0.1, 0.15) is 6.61 Å². The minimum absolute atomic E-state index is 0.160. The zero-order valence-corrected chi connectivity index (χ0v) is 16.6. The quantitative estimate of drug-likeness (QED) is 0.677. The summed E-state index contributed by atoms with van der Waals surface area (Å²) in [6, 6.07) is 13.1. The van der Waals surface area contributed by atoms with Gasteiger partial charge in [-0.25, -0.2) is 17.9 Å². The van der Waals surface area contributed by atoms with Crippen LogP contribution in [0.3, 0.4) is 0 Å². The lowest BCUT2D eigenvalue weighted by molar-refractivity contribution is -0.111. The first-order valence-corrected chi connectivity index (χ1v) is 10.5. The third-order valence-electron chi connectivity index (χ3n) is 4.17. The number of nitrogens with zero attached hydrogens (tertiary/aromatic N) is 1. The summed E-state index contributed by atoms with van der Waals surface area (Å²) in [6.07, 6.45) is 2.47. The van der Waals surface area contributed by atoms with Crippen molar-refractivity contribution >= 4 is 39.5 Å². The van der Waals surface area contributed by atoms with Crippen molar-refractivity contribution in [3.05, 3.63) is 60.2 Å². The van der Waals surface area contributed by atoms with Crippen LogP contribution in [0.1, 0.15) is 12.5 Å². The molecule has 0 unspecified atom stereocenters. The number of amides is 2. The number of hydrogen-bond acceptors (Lipinski definition) is 5. The molecule has 0 aliphatic carbocycles. The Labute approximate surface area is 169 Å². The topological polar surface area (TPSA) is 105 Å². The van der Waals surface area contributed by atoms with Crippen molar-refractivity contribution in [2.24, 2.45) is 0 Å². The molecule has 0 spiro atoms. The van der Waals surface area contributed by atoms with Gasteiger partial charge in [-0.2, -0.15) is 0 Å². The van der Waals surface area contributed by atoms with Crippen LogP contribution >= 0.6 is 0 Å². The van der Waals surface area contributed by atoms with Gasteiger partial charge in [-0.15, -0.1) is 0 Å². The molecule has 0 atom stereocenters. The predicted octanol–water partition coefficient (Wildman–Crippen LogP) is 2.59. The van der Waals surface area contributed by atoms with E-state index in [9.17, 15) is 18.0 Å². The van der Waals surface area contributed by atoms with E-state index in [0.29, 0.717) is 36.6 Å². The molecule has 8 nitrogen and oxygen atoms in total. The molecule has 3 rings (SSSR count). The molecule has 1 heterocycles. The Bertz CT molecular complexity index is 1030. The standard InChI is InChI=1S/C20H21N3O5S/c1-2-21-29(26,27)16-10-7-15(8-11-16)9-12-19(24)22-17-5-3-4-6-18(17)23-13-14-28-20(23)25/h3-12,21H,2,13-14H2,1H3,(H,22,24)/b12-9+. The van der Waals surface area contributed by atoms with Crippen LogP contribution in [0.2, 0.25) is 0 Å². The molecule has 2 N–H and O–H groups in total. The zero-order valence-electron chi connectivity index (χ0n) is 15.8. The van der Waals surface area contributed by atoms with Crippen molar-refractivity contribution in [3.8, 4) is 0 Å². The number of rotatable bonds is 7. The Kier molecular flexibility index (Phi) is 6.30. The summed E-state index contributed by atoms with van der Waals surface area (Å²) in [7, 11) is -3.51.